The monoisotopic (exact) mass is 450 g/mol. The minimum atomic E-state index is 0.00714. The number of rotatable bonds is 7. The van der Waals surface area contributed by atoms with Crippen molar-refractivity contribution in [3.8, 4) is 21.8 Å². The number of aromatic amines is 1. The summed E-state index contributed by atoms with van der Waals surface area (Å²) in [6, 6.07) is 11.1. The quantitative estimate of drug-likeness (QED) is 0.403. The van der Waals surface area contributed by atoms with Crippen LogP contribution in [0, 0.1) is 0 Å². The van der Waals surface area contributed by atoms with Crippen LogP contribution in [0.4, 0.5) is 0 Å². The lowest BCUT2D eigenvalue weighted by atomic mass is 10.0. The summed E-state index contributed by atoms with van der Waals surface area (Å²) in [6.45, 7) is 6.42. The Labute approximate surface area is 192 Å². The average molecular weight is 451 g/mol. The first-order chi connectivity index (χ1) is 15.6. The Balaban J connectivity index is 1.30. The van der Waals surface area contributed by atoms with E-state index in [4.69, 9.17) is 5.10 Å². The molecule has 3 heterocycles. The smallest absolute Gasteiger partial charge is 0.234 e. The number of amides is 1. The second kappa shape index (κ2) is 9.15. The van der Waals surface area contributed by atoms with Crippen molar-refractivity contribution in [3.05, 3.63) is 51.9 Å². The van der Waals surface area contributed by atoms with Crippen molar-refractivity contribution >= 4 is 17.2 Å². The molecule has 0 bridgehead atoms. The Morgan fingerprint density at radius 2 is 2.03 bits per heavy atom. The predicted octanol–water partition coefficient (Wildman–Crippen LogP) is 2.29. The summed E-state index contributed by atoms with van der Waals surface area (Å²) < 4.78 is 0. The molecule has 1 aliphatic heterocycles. The largest absolute Gasteiger partial charge is 0.350 e. The van der Waals surface area contributed by atoms with Crippen molar-refractivity contribution in [1.82, 2.24) is 30.6 Å². The summed E-state index contributed by atoms with van der Waals surface area (Å²) in [5.41, 5.74) is 7.47. The van der Waals surface area contributed by atoms with E-state index in [2.05, 4.69) is 62.9 Å². The Morgan fingerprint density at radius 1 is 1.19 bits per heavy atom. The first-order valence-electron chi connectivity index (χ1n) is 11.2. The van der Waals surface area contributed by atoms with E-state index in [1.165, 1.54) is 27.1 Å². The molecule has 1 amide bonds. The summed E-state index contributed by atoms with van der Waals surface area (Å²) in [7, 11) is 3.97. The molecule has 3 aromatic rings. The van der Waals surface area contributed by atoms with E-state index in [9.17, 15) is 4.79 Å². The van der Waals surface area contributed by atoms with Crippen LogP contribution >= 0.6 is 11.3 Å². The molecule has 3 N–H and O–H groups in total. The molecule has 2 aliphatic rings. The number of H-pyrrole nitrogens is 1. The molecule has 0 unspecified atom stereocenters. The zero-order valence-electron chi connectivity index (χ0n) is 18.7. The van der Waals surface area contributed by atoms with Gasteiger partial charge in [0, 0.05) is 55.1 Å². The van der Waals surface area contributed by atoms with Gasteiger partial charge in [-0.15, -0.1) is 11.3 Å². The van der Waals surface area contributed by atoms with Crippen LogP contribution in [0.25, 0.3) is 21.8 Å². The van der Waals surface area contributed by atoms with Crippen molar-refractivity contribution < 1.29 is 4.79 Å². The molecule has 0 atom stereocenters. The second-order valence-corrected chi connectivity index (χ2v) is 9.91. The predicted molar refractivity (Wildman–Crippen MR) is 129 cm³/mol. The van der Waals surface area contributed by atoms with Gasteiger partial charge >= 0.3 is 0 Å². The lowest BCUT2D eigenvalue weighted by molar-refractivity contribution is -0.120. The van der Waals surface area contributed by atoms with E-state index < -0.39 is 0 Å². The van der Waals surface area contributed by atoms with Crippen LogP contribution in [-0.2, 0) is 24.3 Å². The molecule has 0 radical (unpaired) electrons. The number of piperazine rings is 1. The number of nitrogens with zero attached hydrogens (tertiary/aromatic N) is 3. The van der Waals surface area contributed by atoms with Crippen molar-refractivity contribution in [2.75, 3.05) is 46.8 Å². The van der Waals surface area contributed by atoms with Gasteiger partial charge in [-0.2, -0.15) is 5.10 Å². The fourth-order valence-electron chi connectivity index (χ4n) is 4.53. The van der Waals surface area contributed by atoms with Crippen molar-refractivity contribution in [3.63, 3.8) is 0 Å². The number of carbonyl (C=O) groups excluding carboxylic acids is 1. The topological polar surface area (TPSA) is 76.3 Å². The zero-order valence-corrected chi connectivity index (χ0v) is 19.5. The number of carbonyl (C=O) groups is 1. The first kappa shape index (κ1) is 21.3. The number of likely N-dealkylation sites (N-methyl/N-ethyl adjacent to an activating group) is 2. The Morgan fingerprint density at radius 3 is 2.84 bits per heavy atom. The van der Waals surface area contributed by atoms with Crippen LogP contribution in [0.3, 0.4) is 0 Å². The maximum absolute atomic E-state index is 11.7. The Kier molecular flexibility index (Phi) is 6.10. The van der Waals surface area contributed by atoms with Gasteiger partial charge in [0.25, 0.3) is 0 Å². The van der Waals surface area contributed by atoms with Gasteiger partial charge in [0.1, 0.15) is 0 Å². The third-order valence-electron chi connectivity index (χ3n) is 6.37. The summed E-state index contributed by atoms with van der Waals surface area (Å²) in [5, 5.41) is 13.8. The molecule has 5 rings (SSSR count). The third-order valence-corrected chi connectivity index (χ3v) is 7.47. The van der Waals surface area contributed by atoms with Crippen LogP contribution in [0.2, 0.25) is 0 Å². The molecule has 7 nitrogen and oxygen atoms in total. The van der Waals surface area contributed by atoms with Gasteiger partial charge in [-0.3, -0.25) is 14.8 Å². The van der Waals surface area contributed by atoms with Gasteiger partial charge in [0.2, 0.25) is 5.91 Å². The highest BCUT2D eigenvalue weighted by Gasteiger charge is 2.26. The van der Waals surface area contributed by atoms with Crippen LogP contribution in [0.1, 0.15) is 21.6 Å². The fraction of sp³-hybridized carbons (Fsp3) is 0.417. The van der Waals surface area contributed by atoms with E-state index in [0.29, 0.717) is 13.1 Å². The third kappa shape index (κ3) is 4.36. The molecular formula is C24H30N6OS. The average Bonchev–Trinajstić information content (AvgIpc) is 3.49. The minimum absolute atomic E-state index is 0.00714. The minimum Gasteiger partial charge on any atom is -0.350 e. The van der Waals surface area contributed by atoms with Gasteiger partial charge in [-0.05, 0) is 43.4 Å². The van der Waals surface area contributed by atoms with Gasteiger partial charge < -0.3 is 15.5 Å². The molecule has 168 valence electrons. The summed E-state index contributed by atoms with van der Waals surface area (Å²) in [4.78, 5) is 18.9. The van der Waals surface area contributed by atoms with Crippen LogP contribution in [0.5, 0.6) is 0 Å². The number of hydrogen-bond donors (Lipinski definition) is 3. The number of thiophene rings is 1. The standard InChI is InChI=1S/C24H30N6OS/c1-25-14-22(31)26-13-18-5-6-21(32-18)24-20-12-17-4-3-16(11-19(17)23(20)27-28-24)15-30-9-7-29(2)8-10-30/h3-6,11,25H,7-10,12-15H2,1-2H3,(H,26,31)(H,27,28). The summed E-state index contributed by atoms with van der Waals surface area (Å²) in [5.74, 6) is 0.00714. The van der Waals surface area contributed by atoms with Gasteiger partial charge in [0.05, 0.1) is 29.4 Å². The normalized spacial score (nSPS) is 16.2. The highest BCUT2D eigenvalue weighted by atomic mass is 32.1. The van der Waals surface area contributed by atoms with Crippen LogP contribution in [-0.4, -0.2) is 72.7 Å². The molecule has 0 spiro atoms. The summed E-state index contributed by atoms with van der Waals surface area (Å²) >= 11 is 1.71. The molecule has 0 saturated carbocycles. The van der Waals surface area contributed by atoms with Crippen molar-refractivity contribution in [1.29, 1.82) is 0 Å². The lowest BCUT2D eigenvalue weighted by Gasteiger charge is -2.32. The van der Waals surface area contributed by atoms with E-state index >= 15 is 0 Å². The van der Waals surface area contributed by atoms with E-state index in [1.807, 2.05) is 0 Å². The first-order valence-corrected chi connectivity index (χ1v) is 12.0. The number of hydrogen-bond acceptors (Lipinski definition) is 6. The maximum Gasteiger partial charge on any atom is 0.234 e. The van der Waals surface area contributed by atoms with Gasteiger partial charge in [-0.25, -0.2) is 0 Å². The fourth-order valence-corrected chi connectivity index (χ4v) is 5.50. The molecule has 1 fully saturated rings. The van der Waals surface area contributed by atoms with E-state index in [-0.39, 0.29) is 5.91 Å². The molecular weight excluding hydrogens is 420 g/mol. The highest BCUT2D eigenvalue weighted by molar-refractivity contribution is 7.15. The number of nitrogens with one attached hydrogen (secondary N) is 3. The van der Waals surface area contributed by atoms with Crippen LogP contribution in [0.15, 0.2) is 30.3 Å². The maximum atomic E-state index is 11.7. The molecule has 32 heavy (non-hydrogen) atoms. The second-order valence-electron chi connectivity index (χ2n) is 8.75. The van der Waals surface area contributed by atoms with Crippen molar-refractivity contribution in [2.24, 2.45) is 0 Å². The van der Waals surface area contributed by atoms with Gasteiger partial charge in [-0.1, -0.05) is 12.1 Å². The van der Waals surface area contributed by atoms with E-state index in [0.717, 1.165) is 55.4 Å². The number of benzene rings is 1. The Bertz CT molecular complexity index is 1110. The van der Waals surface area contributed by atoms with Crippen LogP contribution < -0.4 is 10.6 Å². The van der Waals surface area contributed by atoms with Gasteiger partial charge in [0.15, 0.2) is 0 Å². The van der Waals surface area contributed by atoms with Crippen molar-refractivity contribution in [2.45, 2.75) is 19.5 Å². The number of aromatic nitrogens is 2. The molecule has 1 aliphatic carbocycles. The molecule has 8 heteroatoms. The molecule has 1 aromatic carbocycles. The lowest BCUT2D eigenvalue weighted by Crippen LogP contribution is -2.43. The number of fused-ring (bicyclic) bond motifs is 3. The molecule has 1 saturated heterocycles. The SMILES string of the molecule is CNCC(=O)NCc1ccc(-c2[nH]nc3c2Cc2ccc(CN4CCN(C)CC4)cc2-3)s1. The Hall–Kier alpha value is -2.52. The zero-order chi connectivity index (χ0) is 22.1. The summed E-state index contributed by atoms with van der Waals surface area (Å²) in [6.07, 6.45) is 0.914. The molecule has 2 aromatic heterocycles. The van der Waals surface area contributed by atoms with E-state index in [1.54, 1.807) is 18.4 Å². The highest BCUT2D eigenvalue weighted by Crippen LogP contribution is 2.42.